The first-order chi connectivity index (χ1) is 12.4. The number of ether oxygens (including phenoxy) is 3. The lowest BCUT2D eigenvalue weighted by Crippen LogP contribution is -2.37. The van der Waals surface area contributed by atoms with Crippen molar-refractivity contribution >= 4 is 18.0 Å². The summed E-state index contributed by atoms with van der Waals surface area (Å²) in [6.45, 7) is 4.79. The number of nitrogens with zero attached hydrogens (tertiary/aromatic N) is 3. The molecule has 2 fully saturated rings. The van der Waals surface area contributed by atoms with Crippen LogP contribution in [-0.4, -0.2) is 39.1 Å². The van der Waals surface area contributed by atoms with E-state index < -0.39 is 6.29 Å². The molecule has 138 valence electrons. The molecule has 2 aliphatic rings. The highest BCUT2D eigenvalue weighted by Gasteiger charge is 2.45. The van der Waals surface area contributed by atoms with Crippen molar-refractivity contribution in [1.82, 2.24) is 14.3 Å². The molecule has 0 saturated carbocycles. The van der Waals surface area contributed by atoms with Gasteiger partial charge in [-0.15, -0.1) is 0 Å². The van der Waals surface area contributed by atoms with E-state index in [1.54, 1.807) is 4.68 Å². The summed E-state index contributed by atoms with van der Waals surface area (Å²) >= 11 is 5.52. The summed E-state index contributed by atoms with van der Waals surface area (Å²) in [4.78, 5) is 12.1. The van der Waals surface area contributed by atoms with Crippen LogP contribution < -0.4 is 4.74 Å². The van der Waals surface area contributed by atoms with E-state index in [9.17, 15) is 4.79 Å². The monoisotopic (exact) mass is 375 g/mol. The van der Waals surface area contributed by atoms with Gasteiger partial charge in [0.25, 0.3) is 0 Å². The molecule has 0 radical (unpaired) electrons. The predicted octanol–water partition coefficient (Wildman–Crippen LogP) is 2.40. The normalized spacial score (nSPS) is 24.9. The number of ketones is 1. The number of carbonyl (C=O) groups excluding carboxylic acids is 1. The van der Waals surface area contributed by atoms with Crippen LogP contribution in [0.15, 0.2) is 18.2 Å². The van der Waals surface area contributed by atoms with Crippen molar-refractivity contribution in [2.45, 2.75) is 45.3 Å². The molecule has 1 aromatic carbocycles. The first-order valence-electron chi connectivity index (χ1n) is 8.58. The molecule has 0 N–H and O–H groups in total. The minimum Gasteiger partial charge on any atom is -0.486 e. The quantitative estimate of drug-likeness (QED) is 0.765. The van der Waals surface area contributed by atoms with Crippen LogP contribution in [0.4, 0.5) is 0 Å². The lowest BCUT2D eigenvalue weighted by atomic mass is 10.0. The van der Waals surface area contributed by atoms with Gasteiger partial charge in [-0.3, -0.25) is 4.79 Å². The van der Waals surface area contributed by atoms with E-state index in [1.807, 2.05) is 29.8 Å². The van der Waals surface area contributed by atoms with E-state index in [0.717, 1.165) is 5.75 Å². The van der Waals surface area contributed by atoms with Crippen LogP contribution in [0.3, 0.4) is 0 Å². The van der Waals surface area contributed by atoms with Gasteiger partial charge in [-0.05, 0) is 49.3 Å². The molecular weight excluding hydrogens is 354 g/mol. The van der Waals surface area contributed by atoms with Crippen molar-refractivity contribution in [3.8, 4) is 5.75 Å². The van der Waals surface area contributed by atoms with Crippen LogP contribution in [-0.2, 0) is 27.9 Å². The number of carbonyl (C=O) groups is 1. The number of Topliss-reactive ketones (excluding diaryl/α,β-unsaturated/α-hetero) is 1. The number of fused-ring (bicyclic) bond motifs is 2. The fraction of sp³-hybridized carbons (Fsp3) is 0.500. The van der Waals surface area contributed by atoms with E-state index in [2.05, 4.69) is 18.9 Å². The fourth-order valence-electron chi connectivity index (χ4n) is 3.26. The van der Waals surface area contributed by atoms with E-state index in [1.165, 1.54) is 11.1 Å². The predicted molar refractivity (Wildman–Crippen MR) is 95.6 cm³/mol. The van der Waals surface area contributed by atoms with Gasteiger partial charge in [-0.1, -0.05) is 6.07 Å². The molecule has 2 aromatic rings. The van der Waals surface area contributed by atoms with E-state index >= 15 is 0 Å². The van der Waals surface area contributed by atoms with Crippen molar-refractivity contribution in [1.29, 1.82) is 0 Å². The largest absolute Gasteiger partial charge is 0.486 e. The summed E-state index contributed by atoms with van der Waals surface area (Å²) in [5.41, 5.74) is 2.40. The highest BCUT2D eigenvalue weighted by molar-refractivity contribution is 7.71. The Morgan fingerprint density at radius 3 is 2.92 bits per heavy atom. The SMILES string of the molecule is Cc1ccc(OCc2nn([C@H]3CC(=O)[C@H]4OC[C@H]3O4)c(=S)n2C)cc1C. The second-order valence-corrected chi connectivity index (χ2v) is 7.18. The third-order valence-electron chi connectivity index (χ3n) is 5.07. The van der Waals surface area contributed by atoms with Crippen LogP contribution in [0.5, 0.6) is 5.75 Å². The van der Waals surface area contributed by atoms with Crippen LogP contribution >= 0.6 is 12.2 Å². The number of aryl methyl sites for hydroxylation is 2. The first-order valence-corrected chi connectivity index (χ1v) is 8.99. The van der Waals surface area contributed by atoms with Crippen LogP contribution in [0.1, 0.15) is 29.4 Å². The number of hydrogen-bond donors (Lipinski definition) is 0. The van der Waals surface area contributed by atoms with Gasteiger partial charge in [0, 0.05) is 13.5 Å². The smallest absolute Gasteiger partial charge is 0.218 e. The fourth-order valence-corrected chi connectivity index (χ4v) is 3.54. The molecule has 0 unspecified atom stereocenters. The zero-order valence-corrected chi connectivity index (χ0v) is 15.8. The molecule has 2 saturated heterocycles. The molecule has 8 heteroatoms. The van der Waals surface area contributed by atoms with E-state index in [-0.39, 0.29) is 17.9 Å². The van der Waals surface area contributed by atoms with E-state index in [0.29, 0.717) is 30.2 Å². The molecular formula is C18H21N3O4S. The van der Waals surface area contributed by atoms with E-state index in [4.69, 9.17) is 26.4 Å². The Kier molecular flexibility index (Phi) is 4.42. The van der Waals surface area contributed by atoms with Gasteiger partial charge in [0.2, 0.25) is 6.29 Å². The Hall–Kier alpha value is -2.03. The lowest BCUT2D eigenvalue weighted by molar-refractivity contribution is -0.156. The Morgan fingerprint density at radius 2 is 2.15 bits per heavy atom. The van der Waals surface area contributed by atoms with Crippen molar-refractivity contribution in [3.63, 3.8) is 0 Å². The van der Waals surface area contributed by atoms with Crippen LogP contribution in [0.2, 0.25) is 0 Å². The number of benzene rings is 1. The zero-order chi connectivity index (χ0) is 18.4. The topological polar surface area (TPSA) is 67.5 Å². The molecule has 2 aliphatic heterocycles. The van der Waals surface area contributed by atoms with Gasteiger partial charge in [-0.25, -0.2) is 4.68 Å². The lowest BCUT2D eigenvalue weighted by Gasteiger charge is -2.26. The maximum Gasteiger partial charge on any atom is 0.218 e. The standard InChI is InChI=1S/C18H21N3O4S/c1-10-4-5-12(6-11(10)2)23-9-16-19-21(18(26)20(16)3)13-7-14(22)17-24-8-15(13)25-17/h4-6,13,15,17H,7-9H2,1-3H3/t13-,15+,17-/m0/s1. The maximum atomic E-state index is 12.1. The summed E-state index contributed by atoms with van der Waals surface area (Å²) in [5, 5.41) is 4.60. The average molecular weight is 375 g/mol. The summed E-state index contributed by atoms with van der Waals surface area (Å²) in [6, 6.07) is 5.74. The third-order valence-corrected chi connectivity index (χ3v) is 5.53. The van der Waals surface area contributed by atoms with Gasteiger partial charge in [0.15, 0.2) is 16.4 Å². The molecule has 0 aliphatic carbocycles. The Balaban J connectivity index is 1.55. The molecule has 3 atom stereocenters. The second-order valence-electron chi connectivity index (χ2n) is 6.81. The molecule has 26 heavy (non-hydrogen) atoms. The second kappa shape index (κ2) is 6.61. The average Bonchev–Trinajstić information content (AvgIpc) is 3.17. The van der Waals surface area contributed by atoms with Crippen molar-refractivity contribution < 1.29 is 19.0 Å². The summed E-state index contributed by atoms with van der Waals surface area (Å²) in [5.74, 6) is 1.42. The third kappa shape index (κ3) is 2.98. The molecule has 4 rings (SSSR count). The summed E-state index contributed by atoms with van der Waals surface area (Å²) in [7, 11) is 1.85. The summed E-state index contributed by atoms with van der Waals surface area (Å²) in [6.07, 6.45) is -0.604. The molecule has 1 aromatic heterocycles. The Bertz CT molecular complexity index is 920. The molecule has 0 spiro atoms. The summed E-state index contributed by atoms with van der Waals surface area (Å²) < 4.78 is 20.9. The van der Waals surface area contributed by atoms with Gasteiger partial charge >= 0.3 is 0 Å². The molecule has 7 nitrogen and oxygen atoms in total. The Labute approximate surface area is 156 Å². The van der Waals surface area contributed by atoms with Gasteiger partial charge in [0.05, 0.1) is 12.6 Å². The minimum atomic E-state index is -0.721. The highest BCUT2D eigenvalue weighted by atomic mass is 32.1. The highest BCUT2D eigenvalue weighted by Crippen LogP contribution is 2.33. The molecule has 0 amide bonds. The zero-order valence-electron chi connectivity index (χ0n) is 15.0. The van der Waals surface area contributed by atoms with Crippen molar-refractivity contribution in [3.05, 3.63) is 39.9 Å². The van der Waals surface area contributed by atoms with Crippen LogP contribution in [0.25, 0.3) is 0 Å². The molecule has 3 heterocycles. The molecule has 2 bridgehead atoms. The first kappa shape index (κ1) is 17.4. The number of hydrogen-bond acceptors (Lipinski definition) is 6. The Morgan fingerprint density at radius 1 is 1.35 bits per heavy atom. The van der Waals surface area contributed by atoms with Gasteiger partial charge < -0.3 is 18.8 Å². The van der Waals surface area contributed by atoms with Gasteiger partial charge in [-0.2, -0.15) is 5.10 Å². The van der Waals surface area contributed by atoms with Crippen molar-refractivity contribution in [2.24, 2.45) is 7.05 Å². The van der Waals surface area contributed by atoms with Crippen LogP contribution in [0, 0.1) is 18.6 Å². The van der Waals surface area contributed by atoms with Crippen molar-refractivity contribution in [2.75, 3.05) is 6.61 Å². The maximum absolute atomic E-state index is 12.1. The number of rotatable bonds is 4. The number of aromatic nitrogens is 3. The van der Waals surface area contributed by atoms with Gasteiger partial charge in [0.1, 0.15) is 18.5 Å². The minimum absolute atomic E-state index is 0.0655.